The van der Waals surface area contributed by atoms with Crippen molar-refractivity contribution in [2.45, 2.75) is 13.8 Å². The number of carboxylic acid groups (broad SMARTS) is 1. The van der Waals surface area contributed by atoms with Gasteiger partial charge in [0.25, 0.3) is 0 Å². The van der Waals surface area contributed by atoms with Crippen molar-refractivity contribution in [3.8, 4) is 11.5 Å². The van der Waals surface area contributed by atoms with Crippen LogP contribution in [0.15, 0.2) is 54.1 Å². The fraction of sp³-hybridized carbons (Fsp3) is 0.118. The van der Waals surface area contributed by atoms with Crippen LogP contribution in [0.5, 0.6) is 11.5 Å². The number of ether oxygens (including phenoxy) is 1. The zero-order chi connectivity index (χ0) is 14.5. The molecule has 0 heterocycles. The van der Waals surface area contributed by atoms with E-state index in [0.29, 0.717) is 5.75 Å². The van der Waals surface area contributed by atoms with Crippen LogP contribution in [-0.4, -0.2) is 11.1 Å². The summed E-state index contributed by atoms with van der Waals surface area (Å²) in [5, 5.41) is 8.87. The van der Waals surface area contributed by atoms with Gasteiger partial charge in [-0.15, -0.1) is 0 Å². The second kappa shape index (κ2) is 6.06. The van der Waals surface area contributed by atoms with Gasteiger partial charge in [0.05, 0.1) is 0 Å². The molecule has 2 aromatic rings. The molecular formula is C17H16O3. The van der Waals surface area contributed by atoms with Gasteiger partial charge in [0, 0.05) is 5.57 Å². The largest absolute Gasteiger partial charge is 0.478 e. The smallest absolute Gasteiger partial charge is 0.331 e. The third-order valence-electron chi connectivity index (χ3n) is 2.84. The first-order valence-electron chi connectivity index (χ1n) is 6.31. The van der Waals surface area contributed by atoms with Crippen LogP contribution in [-0.2, 0) is 4.79 Å². The van der Waals surface area contributed by atoms with E-state index in [1.54, 1.807) is 13.0 Å². The molecule has 0 saturated heterocycles. The average molecular weight is 268 g/mol. The van der Waals surface area contributed by atoms with Crippen LogP contribution >= 0.6 is 0 Å². The molecule has 0 aliphatic carbocycles. The second-order valence-corrected chi connectivity index (χ2v) is 4.62. The van der Waals surface area contributed by atoms with Gasteiger partial charge in [-0.1, -0.05) is 29.8 Å². The van der Waals surface area contributed by atoms with Gasteiger partial charge in [-0.25, -0.2) is 4.79 Å². The van der Waals surface area contributed by atoms with Crippen molar-refractivity contribution in [1.82, 2.24) is 0 Å². The molecule has 0 spiro atoms. The third-order valence-corrected chi connectivity index (χ3v) is 2.84. The Morgan fingerprint density at radius 1 is 1.10 bits per heavy atom. The molecule has 0 fully saturated rings. The quantitative estimate of drug-likeness (QED) is 0.842. The Labute approximate surface area is 118 Å². The highest BCUT2D eigenvalue weighted by molar-refractivity contribution is 5.91. The van der Waals surface area contributed by atoms with Gasteiger partial charge in [-0.05, 0) is 49.8 Å². The summed E-state index contributed by atoms with van der Waals surface area (Å²) in [4.78, 5) is 10.8. The van der Waals surface area contributed by atoms with Crippen molar-refractivity contribution < 1.29 is 14.6 Å². The fourth-order valence-electron chi connectivity index (χ4n) is 1.72. The summed E-state index contributed by atoms with van der Waals surface area (Å²) in [6.45, 7) is 3.58. The minimum absolute atomic E-state index is 0.289. The lowest BCUT2D eigenvalue weighted by molar-refractivity contribution is -0.132. The predicted octanol–water partition coefficient (Wildman–Crippen LogP) is 4.28. The van der Waals surface area contributed by atoms with Gasteiger partial charge in [0.15, 0.2) is 0 Å². The summed E-state index contributed by atoms with van der Waals surface area (Å²) in [7, 11) is 0. The molecule has 0 saturated carbocycles. The highest BCUT2D eigenvalue weighted by atomic mass is 16.5. The topological polar surface area (TPSA) is 46.5 Å². The van der Waals surface area contributed by atoms with Crippen LogP contribution in [0.1, 0.15) is 18.1 Å². The van der Waals surface area contributed by atoms with Crippen LogP contribution in [0.3, 0.4) is 0 Å². The molecule has 102 valence electrons. The Morgan fingerprint density at radius 2 is 1.80 bits per heavy atom. The first kappa shape index (κ1) is 13.9. The number of carbonyl (C=O) groups is 1. The van der Waals surface area contributed by atoms with E-state index in [-0.39, 0.29) is 5.57 Å². The van der Waals surface area contributed by atoms with Crippen molar-refractivity contribution in [1.29, 1.82) is 0 Å². The van der Waals surface area contributed by atoms with Crippen molar-refractivity contribution >= 4 is 12.0 Å². The van der Waals surface area contributed by atoms with Gasteiger partial charge in [0.2, 0.25) is 0 Å². The number of hydrogen-bond acceptors (Lipinski definition) is 2. The molecule has 0 aliphatic rings. The molecule has 0 atom stereocenters. The standard InChI is InChI=1S/C17H16O3/c1-12-6-8-15(9-7-12)20-16-5-3-4-14(11-16)10-13(2)17(18)19/h3-11H,1-2H3,(H,18,19)/b13-10+. The van der Waals surface area contributed by atoms with Gasteiger partial charge in [-0.3, -0.25) is 0 Å². The summed E-state index contributed by atoms with van der Waals surface area (Å²) < 4.78 is 5.74. The van der Waals surface area contributed by atoms with E-state index < -0.39 is 5.97 Å². The SMILES string of the molecule is C/C(=C\c1cccc(Oc2ccc(C)cc2)c1)C(=O)O. The number of aryl methyl sites for hydroxylation is 1. The average Bonchev–Trinajstić information content (AvgIpc) is 2.42. The van der Waals surface area contributed by atoms with Gasteiger partial charge < -0.3 is 9.84 Å². The van der Waals surface area contributed by atoms with E-state index in [9.17, 15) is 4.79 Å². The molecule has 0 aromatic heterocycles. The maximum atomic E-state index is 10.8. The number of benzene rings is 2. The van der Waals surface area contributed by atoms with Gasteiger partial charge in [-0.2, -0.15) is 0 Å². The number of carboxylic acids is 1. The molecule has 3 nitrogen and oxygen atoms in total. The molecule has 20 heavy (non-hydrogen) atoms. The second-order valence-electron chi connectivity index (χ2n) is 4.62. The number of rotatable bonds is 4. The first-order chi connectivity index (χ1) is 9.54. The van der Waals surface area contributed by atoms with E-state index in [1.165, 1.54) is 5.56 Å². The molecule has 2 rings (SSSR count). The van der Waals surface area contributed by atoms with Crippen molar-refractivity contribution in [3.63, 3.8) is 0 Å². The van der Waals surface area contributed by atoms with E-state index in [0.717, 1.165) is 11.3 Å². The lowest BCUT2D eigenvalue weighted by Crippen LogP contribution is -1.95. The third kappa shape index (κ3) is 3.72. The highest BCUT2D eigenvalue weighted by Crippen LogP contribution is 2.23. The molecule has 0 amide bonds. The van der Waals surface area contributed by atoms with Crippen LogP contribution < -0.4 is 4.74 Å². The van der Waals surface area contributed by atoms with Crippen LogP contribution in [0, 0.1) is 6.92 Å². The monoisotopic (exact) mass is 268 g/mol. The van der Waals surface area contributed by atoms with Gasteiger partial charge >= 0.3 is 5.97 Å². The maximum absolute atomic E-state index is 10.8. The lowest BCUT2D eigenvalue weighted by Gasteiger charge is -2.07. The van der Waals surface area contributed by atoms with Crippen LogP contribution in [0.25, 0.3) is 6.08 Å². The summed E-state index contributed by atoms with van der Waals surface area (Å²) in [5.74, 6) is 0.516. The lowest BCUT2D eigenvalue weighted by atomic mass is 10.1. The Kier molecular flexibility index (Phi) is 4.20. The van der Waals surface area contributed by atoms with Crippen molar-refractivity contribution in [2.24, 2.45) is 0 Å². The van der Waals surface area contributed by atoms with E-state index >= 15 is 0 Å². The Balaban J connectivity index is 2.20. The van der Waals surface area contributed by atoms with Gasteiger partial charge in [0.1, 0.15) is 11.5 Å². The van der Waals surface area contributed by atoms with Crippen LogP contribution in [0.4, 0.5) is 0 Å². The molecular weight excluding hydrogens is 252 g/mol. The van der Waals surface area contributed by atoms with Crippen molar-refractivity contribution in [3.05, 3.63) is 65.2 Å². The predicted molar refractivity (Wildman–Crippen MR) is 79.0 cm³/mol. The van der Waals surface area contributed by atoms with E-state index in [4.69, 9.17) is 9.84 Å². The molecule has 0 radical (unpaired) electrons. The highest BCUT2D eigenvalue weighted by Gasteiger charge is 2.02. The normalized spacial score (nSPS) is 11.2. The van der Waals surface area contributed by atoms with Crippen molar-refractivity contribution in [2.75, 3.05) is 0 Å². The zero-order valence-electron chi connectivity index (χ0n) is 11.5. The summed E-state index contributed by atoms with van der Waals surface area (Å²) in [6.07, 6.45) is 1.62. The Hall–Kier alpha value is -2.55. The summed E-state index contributed by atoms with van der Waals surface area (Å²) in [6, 6.07) is 15.1. The maximum Gasteiger partial charge on any atom is 0.331 e. The first-order valence-corrected chi connectivity index (χ1v) is 6.31. The number of hydrogen-bond donors (Lipinski definition) is 1. The molecule has 2 aromatic carbocycles. The molecule has 0 unspecified atom stereocenters. The molecule has 3 heteroatoms. The fourth-order valence-corrected chi connectivity index (χ4v) is 1.72. The Bertz CT molecular complexity index is 640. The van der Waals surface area contributed by atoms with Crippen LogP contribution in [0.2, 0.25) is 0 Å². The summed E-state index contributed by atoms with van der Waals surface area (Å²) >= 11 is 0. The zero-order valence-corrected chi connectivity index (χ0v) is 11.5. The van der Waals surface area contributed by atoms with E-state index in [2.05, 4.69) is 0 Å². The molecule has 1 N–H and O–H groups in total. The molecule has 0 bridgehead atoms. The Morgan fingerprint density at radius 3 is 2.45 bits per heavy atom. The minimum Gasteiger partial charge on any atom is -0.478 e. The molecule has 0 aliphatic heterocycles. The number of aliphatic carboxylic acids is 1. The van der Waals surface area contributed by atoms with E-state index in [1.807, 2.05) is 55.5 Å². The summed E-state index contributed by atoms with van der Waals surface area (Å²) in [5.41, 5.74) is 2.26. The minimum atomic E-state index is -0.921.